The van der Waals surface area contributed by atoms with E-state index >= 15 is 0 Å². The van der Waals surface area contributed by atoms with Crippen LogP contribution in [0.15, 0.2) is 42.0 Å². The number of hydrogen-bond acceptors (Lipinski definition) is 5. The molecule has 2 rings (SSSR count). The molecule has 27 heavy (non-hydrogen) atoms. The van der Waals surface area contributed by atoms with Crippen LogP contribution in [0, 0.1) is 20.7 Å². The zero-order valence-corrected chi connectivity index (χ0v) is 16.9. The Morgan fingerprint density at radius 1 is 1.33 bits per heavy atom. The smallest absolute Gasteiger partial charge is 0.348 e. The summed E-state index contributed by atoms with van der Waals surface area (Å²) in [5.41, 5.74) is 0.891. The normalized spacial score (nSPS) is 10.9. The number of ether oxygens (including phenoxy) is 3. The van der Waals surface area contributed by atoms with Gasteiger partial charge in [-0.15, -0.1) is 0 Å². The second-order valence-electron chi connectivity index (χ2n) is 5.30. The zero-order chi connectivity index (χ0) is 19.8. The molecule has 0 aliphatic heterocycles. The number of carbonyl (C=O) groups excluding carboxylic acids is 1. The first-order chi connectivity index (χ1) is 13.0. The fraction of sp³-hybridized carbons (Fsp3) is 0.200. The summed E-state index contributed by atoms with van der Waals surface area (Å²) in [6.07, 6.45) is 1.42. The molecule has 0 atom stereocenters. The molecule has 0 fully saturated rings. The molecule has 0 spiro atoms. The summed E-state index contributed by atoms with van der Waals surface area (Å²) in [7, 11) is 1.48. The Bertz CT molecular complexity index is 905. The maximum absolute atomic E-state index is 13.8. The Hall–Kier alpha value is -2.60. The van der Waals surface area contributed by atoms with Crippen LogP contribution < -0.4 is 9.47 Å². The highest BCUT2D eigenvalue weighted by atomic mass is 127. The number of benzene rings is 2. The van der Waals surface area contributed by atoms with E-state index in [4.69, 9.17) is 19.5 Å². The first-order valence-corrected chi connectivity index (χ1v) is 9.10. The van der Waals surface area contributed by atoms with Crippen molar-refractivity contribution >= 4 is 34.6 Å². The van der Waals surface area contributed by atoms with Crippen LogP contribution in [0.4, 0.5) is 4.39 Å². The fourth-order valence-electron chi connectivity index (χ4n) is 2.24. The van der Waals surface area contributed by atoms with Gasteiger partial charge in [-0.05, 0) is 59.4 Å². The van der Waals surface area contributed by atoms with Crippen molar-refractivity contribution in [3.63, 3.8) is 0 Å². The molecular weight excluding hydrogens is 464 g/mol. The second kappa shape index (κ2) is 9.92. The van der Waals surface area contributed by atoms with Crippen LogP contribution in [0.5, 0.6) is 11.5 Å². The minimum atomic E-state index is -0.686. The van der Waals surface area contributed by atoms with Crippen molar-refractivity contribution in [2.24, 2.45) is 0 Å². The van der Waals surface area contributed by atoms with Crippen molar-refractivity contribution in [2.75, 3.05) is 13.7 Å². The largest absolute Gasteiger partial charge is 0.493 e. The Balaban J connectivity index is 2.30. The Kier molecular flexibility index (Phi) is 7.61. The lowest BCUT2D eigenvalue weighted by Crippen LogP contribution is -2.06. The SMILES string of the molecule is CCOC(=O)/C(C#N)=C\c1cc(I)c(OCc2ccccc2F)c(OC)c1. The summed E-state index contributed by atoms with van der Waals surface area (Å²) in [6, 6.07) is 11.6. The fourth-order valence-corrected chi connectivity index (χ4v) is 3.02. The van der Waals surface area contributed by atoms with E-state index < -0.39 is 5.97 Å². The summed E-state index contributed by atoms with van der Waals surface area (Å²) in [4.78, 5) is 11.8. The zero-order valence-electron chi connectivity index (χ0n) is 14.8. The van der Waals surface area contributed by atoms with Gasteiger partial charge in [0.1, 0.15) is 24.1 Å². The van der Waals surface area contributed by atoms with Crippen LogP contribution in [0.2, 0.25) is 0 Å². The first-order valence-electron chi connectivity index (χ1n) is 8.02. The van der Waals surface area contributed by atoms with Gasteiger partial charge in [-0.1, -0.05) is 18.2 Å². The molecule has 0 aromatic heterocycles. The van der Waals surface area contributed by atoms with Crippen LogP contribution in [-0.2, 0) is 16.1 Å². The van der Waals surface area contributed by atoms with Gasteiger partial charge in [-0.2, -0.15) is 5.26 Å². The molecule has 0 aliphatic carbocycles. The number of nitriles is 1. The minimum Gasteiger partial charge on any atom is -0.493 e. The van der Waals surface area contributed by atoms with E-state index in [1.54, 1.807) is 37.3 Å². The van der Waals surface area contributed by atoms with E-state index in [1.165, 1.54) is 19.3 Å². The van der Waals surface area contributed by atoms with Gasteiger partial charge in [0.05, 0.1) is 17.3 Å². The highest BCUT2D eigenvalue weighted by Crippen LogP contribution is 2.35. The molecule has 7 heteroatoms. The predicted molar refractivity (Wildman–Crippen MR) is 107 cm³/mol. The van der Waals surface area contributed by atoms with Gasteiger partial charge in [-0.3, -0.25) is 0 Å². The maximum Gasteiger partial charge on any atom is 0.348 e. The van der Waals surface area contributed by atoms with Crippen molar-refractivity contribution in [3.05, 3.63) is 62.5 Å². The van der Waals surface area contributed by atoms with E-state index in [1.807, 2.05) is 6.07 Å². The number of nitrogens with zero attached hydrogens (tertiary/aromatic N) is 1. The molecular formula is C20H17FINO4. The Labute approximate surface area is 170 Å². The Morgan fingerprint density at radius 3 is 2.70 bits per heavy atom. The third-order valence-corrected chi connectivity index (χ3v) is 4.31. The van der Waals surface area contributed by atoms with Gasteiger partial charge >= 0.3 is 5.97 Å². The van der Waals surface area contributed by atoms with Crippen molar-refractivity contribution in [2.45, 2.75) is 13.5 Å². The van der Waals surface area contributed by atoms with Gasteiger partial charge in [0, 0.05) is 5.56 Å². The van der Waals surface area contributed by atoms with E-state index in [2.05, 4.69) is 22.6 Å². The number of esters is 1. The molecule has 0 unspecified atom stereocenters. The van der Waals surface area contributed by atoms with Gasteiger partial charge in [0.15, 0.2) is 11.5 Å². The average Bonchev–Trinajstić information content (AvgIpc) is 2.66. The molecule has 0 N–H and O–H groups in total. The number of hydrogen-bond donors (Lipinski definition) is 0. The van der Waals surface area contributed by atoms with E-state index in [-0.39, 0.29) is 24.6 Å². The summed E-state index contributed by atoms with van der Waals surface area (Å²) in [6.45, 7) is 1.89. The number of carbonyl (C=O) groups is 1. The quantitative estimate of drug-likeness (QED) is 0.253. The summed E-state index contributed by atoms with van der Waals surface area (Å²) >= 11 is 2.05. The first kappa shape index (κ1) is 20.7. The highest BCUT2D eigenvalue weighted by Gasteiger charge is 2.15. The molecule has 0 radical (unpaired) electrons. The van der Waals surface area contributed by atoms with Crippen molar-refractivity contribution < 1.29 is 23.4 Å². The van der Waals surface area contributed by atoms with Gasteiger partial charge in [0.2, 0.25) is 0 Å². The monoisotopic (exact) mass is 481 g/mol. The van der Waals surface area contributed by atoms with Crippen molar-refractivity contribution in [1.82, 2.24) is 0 Å². The van der Waals surface area contributed by atoms with Crippen molar-refractivity contribution in [3.8, 4) is 17.6 Å². The van der Waals surface area contributed by atoms with E-state index in [9.17, 15) is 9.18 Å². The van der Waals surface area contributed by atoms with Gasteiger partial charge in [-0.25, -0.2) is 9.18 Å². The van der Waals surface area contributed by atoms with Crippen LogP contribution in [-0.4, -0.2) is 19.7 Å². The molecule has 0 aliphatic rings. The van der Waals surface area contributed by atoms with Gasteiger partial charge in [0.25, 0.3) is 0 Å². The highest BCUT2D eigenvalue weighted by molar-refractivity contribution is 14.1. The van der Waals surface area contributed by atoms with Crippen LogP contribution in [0.1, 0.15) is 18.1 Å². The average molecular weight is 481 g/mol. The minimum absolute atomic E-state index is 0.0422. The van der Waals surface area contributed by atoms with E-state index in [0.29, 0.717) is 26.2 Å². The van der Waals surface area contributed by atoms with Crippen molar-refractivity contribution in [1.29, 1.82) is 5.26 Å². The number of methoxy groups -OCH3 is 1. The standard InChI is InChI=1S/C20H17FINO4/c1-3-26-20(24)15(11-23)8-13-9-17(22)19(18(10-13)25-2)27-12-14-6-4-5-7-16(14)21/h4-10H,3,12H2,1-2H3/b15-8-. The summed E-state index contributed by atoms with van der Waals surface area (Å²) in [5, 5.41) is 9.16. The summed E-state index contributed by atoms with van der Waals surface area (Å²) in [5.74, 6) is -0.174. The molecule has 5 nitrogen and oxygen atoms in total. The molecule has 0 heterocycles. The predicted octanol–water partition coefficient (Wildman–Crippen LogP) is 4.49. The number of rotatable bonds is 7. The van der Waals surface area contributed by atoms with Crippen LogP contribution in [0.25, 0.3) is 6.08 Å². The van der Waals surface area contributed by atoms with Gasteiger partial charge < -0.3 is 14.2 Å². The second-order valence-corrected chi connectivity index (χ2v) is 6.47. The molecule has 140 valence electrons. The molecule has 2 aromatic carbocycles. The van der Waals surface area contributed by atoms with Crippen LogP contribution in [0.3, 0.4) is 0 Å². The summed E-state index contributed by atoms with van der Waals surface area (Å²) < 4.78 is 30.4. The Morgan fingerprint density at radius 2 is 2.07 bits per heavy atom. The topological polar surface area (TPSA) is 68.6 Å². The van der Waals surface area contributed by atoms with E-state index in [0.717, 1.165) is 0 Å². The number of halogens is 2. The third kappa shape index (κ3) is 5.44. The lowest BCUT2D eigenvalue weighted by Gasteiger charge is -2.14. The molecule has 0 saturated heterocycles. The van der Waals surface area contributed by atoms with Crippen LogP contribution >= 0.6 is 22.6 Å². The molecule has 0 saturated carbocycles. The third-order valence-electron chi connectivity index (χ3n) is 3.51. The lowest BCUT2D eigenvalue weighted by atomic mass is 10.1. The maximum atomic E-state index is 13.8. The molecule has 0 amide bonds. The molecule has 0 bridgehead atoms. The molecule has 2 aromatic rings. The lowest BCUT2D eigenvalue weighted by molar-refractivity contribution is -0.137.